The summed E-state index contributed by atoms with van der Waals surface area (Å²) in [5, 5.41) is 2.60. The number of hydrogen-bond acceptors (Lipinski definition) is 7. The second-order valence-electron chi connectivity index (χ2n) is 7.12. The largest absolute Gasteiger partial charge is 0.497 e. The zero-order valence-corrected chi connectivity index (χ0v) is 19.4. The predicted molar refractivity (Wildman–Crippen MR) is 125 cm³/mol. The second kappa shape index (κ2) is 11.3. The molecule has 3 rings (SSSR count). The van der Waals surface area contributed by atoms with Crippen LogP contribution in [-0.2, 0) is 24.3 Å². The fourth-order valence-corrected chi connectivity index (χ4v) is 4.02. The van der Waals surface area contributed by atoms with E-state index in [-0.39, 0.29) is 4.90 Å². The quantitative estimate of drug-likeness (QED) is 0.424. The van der Waals surface area contributed by atoms with Crippen molar-refractivity contribution in [1.29, 1.82) is 0 Å². The van der Waals surface area contributed by atoms with E-state index >= 15 is 0 Å². The molecule has 0 aromatic heterocycles. The zero-order valence-electron chi connectivity index (χ0n) is 18.6. The van der Waals surface area contributed by atoms with Crippen molar-refractivity contribution < 1.29 is 32.2 Å². The normalized spacial score (nSPS) is 11.8. The van der Waals surface area contributed by atoms with E-state index in [4.69, 9.17) is 14.2 Å². The molecule has 0 heterocycles. The van der Waals surface area contributed by atoms with Gasteiger partial charge in [-0.05, 0) is 55.5 Å². The molecule has 0 radical (unpaired) electrons. The summed E-state index contributed by atoms with van der Waals surface area (Å²) in [6.45, 7) is 0.739. The number of rotatable bonds is 10. The maximum atomic E-state index is 12.4. The number of sulfonamides is 1. The van der Waals surface area contributed by atoms with Crippen LogP contribution in [0, 0.1) is 0 Å². The Hall–Kier alpha value is -3.89. The third kappa shape index (κ3) is 7.06. The third-order valence-corrected chi connectivity index (χ3v) is 6.05. The van der Waals surface area contributed by atoms with E-state index in [1.54, 1.807) is 36.4 Å². The van der Waals surface area contributed by atoms with Gasteiger partial charge < -0.3 is 19.5 Å². The van der Waals surface area contributed by atoms with Gasteiger partial charge in [-0.15, -0.1) is 0 Å². The molecule has 178 valence electrons. The summed E-state index contributed by atoms with van der Waals surface area (Å²) in [7, 11) is -2.50. The molecular weight excluding hydrogens is 460 g/mol. The molecule has 3 aromatic carbocycles. The molecule has 1 unspecified atom stereocenters. The Bertz CT molecular complexity index is 1230. The zero-order chi connectivity index (χ0) is 24.6. The number of nitrogens with one attached hydrogen (secondary N) is 2. The Labute approximate surface area is 197 Å². The number of ether oxygens (including phenoxy) is 3. The van der Waals surface area contributed by atoms with Crippen LogP contribution >= 0.6 is 0 Å². The van der Waals surface area contributed by atoms with Crippen LogP contribution in [-0.4, -0.2) is 40.1 Å². The molecule has 34 heavy (non-hydrogen) atoms. The minimum absolute atomic E-state index is 0.0386. The van der Waals surface area contributed by atoms with Crippen LogP contribution < -0.4 is 19.5 Å². The predicted octanol–water partition coefficient (Wildman–Crippen LogP) is 3.34. The number of benzene rings is 3. The van der Waals surface area contributed by atoms with Gasteiger partial charge in [-0.2, -0.15) is 4.72 Å². The van der Waals surface area contributed by atoms with Gasteiger partial charge in [0.2, 0.25) is 10.0 Å². The van der Waals surface area contributed by atoms with Crippen molar-refractivity contribution in [1.82, 2.24) is 4.72 Å². The summed E-state index contributed by atoms with van der Waals surface area (Å²) in [5.41, 5.74) is 0.447. The van der Waals surface area contributed by atoms with Crippen LogP contribution in [0.4, 0.5) is 5.69 Å². The lowest BCUT2D eigenvalue weighted by atomic mass is 10.3. The molecule has 0 spiro atoms. The summed E-state index contributed by atoms with van der Waals surface area (Å²) >= 11 is 0. The highest BCUT2D eigenvalue weighted by Gasteiger charge is 2.23. The molecule has 0 aliphatic heterocycles. The molecule has 1 amide bonds. The molecule has 9 nitrogen and oxygen atoms in total. The van der Waals surface area contributed by atoms with Crippen molar-refractivity contribution >= 4 is 27.6 Å². The summed E-state index contributed by atoms with van der Waals surface area (Å²) in [6, 6.07) is 20.3. The Morgan fingerprint density at radius 2 is 1.56 bits per heavy atom. The second-order valence-corrected chi connectivity index (χ2v) is 8.83. The van der Waals surface area contributed by atoms with Crippen LogP contribution in [0.2, 0.25) is 0 Å². The fourth-order valence-electron chi connectivity index (χ4n) is 2.82. The van der Waals surface area contributed by atoms with Gasteiger partial charge >= 0.3 is 5.97 Å². The number of anilines is 1. The number of para-hydroxylation sites is 1. The first-order valence-electron chi connectivity index (χ1n) is 10.2. The van der Waals surface area contributed by atoms with E-state index < -0.39 is 34.5 Å². The SMILES string of the molecule is COc1ccc(S(=O)(=O)NC(C)C(=O)OCC(=O)Nc2cccc(Oc3ccccc3)c2)cc1. The molecule has 1 atom stereocenters. The molecular formula is C24H24N2O7S. The molecule has 0 fully saturated rings. The highest BCUT2D eigenvalue weighted by molar-refractivity contribution is 7.89. The highest BCUT2D eigenvalue weighted by Crippen LogP contribution is 2.23. The van der Waals surface area contributed by atoms with Crippen LogP contribution in [0.25, 0.3) is 0 Å². The van der Waals surface area contributed by atoms with Crippen molar-refractivity contribution in [2.24, 2.45) is 0 Å². The van der Waals surface area contributed by atoms with Crippen molar-refractivity contribution in [3.8, 4) is 17.2 Å². The molecule has 3 aromatic rings. The van der Waals surface area contributed by atoms with Gasteiger partial charge in [-0.1, -0.05) is 24.3 Å². The Balaban J connectivity index is 1.50. The van der Waals surface area contributed by atoms with E-state index in [9.17, 15) is 18.0 Å². The summed E-state index contributed by atoms with van der Waals surface area (Å²) in [6.07, 6.45) is 0. The van der Waals surface area contributed by atoms with Gasteiger partial charge in [0.05, 0.1) is 12.0 Å². The first kappa shape index (κ1) is 24.7. The summed E-state index contributed by atoms with van der Waals surface area (Å²) in [4.78, 5) is 24.4. The lowest BCUT2D eigenvalue weighted by Crippen LogP contribution is -2.40. The van der Waals surface area contributed by atoms with E-state index in [0.717, 1.165) is 0 Å². The van der Waals surface area contributed by atoms with Crippen molar-refractivity contribution in [2.75, 3.05) is 19.0 Å². The van der Waals surface area contributed by atoms with Crippen LogP contribution in [0.1, 0.15) is 6.92 Å². The average molecular weight is 485 g/mol. The number of carbonyl (C=O) groups excluding carboxylic acids is 2. The van der Waals surface area contributed by atoms with Gasteiger partial charge in [-0.25, -0.2) is 8.42 Å². The smallest absolute Gasteiger partial charge is 0.324 e. The number of hydrogen-bond donors (Lipinski definition) is 2. The minimum atomic E-state index is -3.97. The topological polar surface area (TPSA) is 120 Å². The van der Waals surface area contributed by atoms with Gasteiger partial charge in [0.25, 0.3) is 5.91 Å². The maximum Gasteiger partial charge on any atom is 0.324 e. The molecule has 0 saturated carbocycles. The lowest BCUT2D eigenvalue weighted by molar-refractivity contribution is -0.148. The van der Waals surface area contributed by atoms with Crippen LogP contribution in [0.15, 0.2) is 83.8 Å². The van der Waals surface area contributed by atoms with Gasteiger partial charge in [-0.3, -0.25) is 9.59 Å². The summed E-state index contributed by atoms with van der Waals surface area (Å²) < 4.78 is 42.8. The number of carbonyl (C=O) groups is 2. The fraction of sp³-hybridized carbons (Fsp3) is 0.167. The monoisotopic (exact) mass is 484 g/mol. The van der Waals surface area contributed by atoms with Crippen molar-refractivity contribution in [2.45, 2.75) is 17.9 Å². The molecule has 0 bridgehead atoms. The first-order valence-corrected chi connectivity index (χ1v) is 11.7. The minimum Gasteiger partial charge on any atom is -0.497 e. The molecule has 0 saturated heterocycles. The standard InChI is InChI=1S/C24H24N2O7S/c1-17(26-34(29,30)22-13-11-19(31-2)12-14-22)24(28)32-16-23(27)25-18-7-6-10-21(15-18)33-20-8-4-3-5-9-20/h3-15,17,26H,16H2,1-2H3,(H,25,27). The Kier molecular flexibility index (Phi) is 8.23. The van der Waals surface area contributed by atoms with Gasteiger partial charge in [0, 0.05) is 11.8 Å². The van der Waals surface area contributed by atoms with E-state index in [0.29, 0.717) is 22.9 Å². The Morgan fingerprint density at radius 1 is 0.882 bits per heavy atom. The summed E-state index contributed by atoms with van der Waals surface area (Å²) in [5.74, 6) is 0.173. The van der Waals surface area contributed by atoms with Crippen molar-refractivity contribution in [3.05, 3.63) is 78.9 Å². The first-order chi connectivity index (χ1) is 16.3. The molecule has 10 heteroatoms. The van der Waals surface area contributed by atoms with Crippen LogP contribution in [0.5, 0.6) is 17.2 Å². The van der Waals surface area contributed by atoms with E-state index in [2.05, 4.69) is 10.0 Å². The average Bonchev–Trinajstić information content (AvgIpc) is 2.83. The van der Waals surface area contributed by atoms with Crippen molar-refractivity contribution in [3.63, 3.8) is 0 Å². The Morgan fingerprint density at radius 3 is 2.24 bits per heavy atom. The maximum absolute atomic E-state index is 12.4. The number of esters is 1. The van der Waals surface area contributed by atoms with Gasteiger partial charge in [0.1, 0.15) is 23.3 Å². The highest BCUT2D eigenvalue weighted by atomic mass is 32.2. The molecule has 0 aliphatic rings. The van der Waals surface area contributed by atoms with E-state index in [1.165, 1.54) is 38.3 Å². The molecule has 2 N–H and O–H groups in total. The lowest BCUT2D eigenvalue weighted by Gasteiger charge is -2.14. The van der Waals surface area contributed by atoms with Gasteiger partial charge in [0.15, 0.2) is 6.61 Å². The number of amides is 1. The van der Waals surface area contributed by atoms with Crippen LogP contribution in [0.3, 0.4) is 0 Å². The molecule has 0 aliphatic carbocycles. The third-order valence-electron chi connectivity index (χ3n) is 4.50. The van der Waals surface area contributed by atoms with E-state index in [1.807, 2.05) is 18.2 Å². The number of methoxy groups -OCH3 is 1.